The molecule has 0 aliphatic heterocycles. The molecule has 0 aliphatic carbocycles. The molecule has 0 bridgehead atoms. The number of hydrogen-bond donors (Lipinski definition) is 1. The number of carbonyl (C=O) groups is 1. The Labute approximate surface area is 159 Å². The van der Waals surface area contributed by atoms with Crippen LogP contribution >= 0.6 is 11.5 Å². The van der Waals surface area contributed by atoms with Crippen molar-refractivity contribution in [1.82, 2.24) is 14.7 Å². The summed E-state index contributed by atoms with van der Waals surface area (Å²) in [6.45, 7) is 3.21. The molecule has 0 atom stereocenters. The van der Waals surface area contributed by atoms with Gasteiger partial charge in [-0.25, -0.2) is 4.98 Å². The number of carbonyl (C=O) groups excluding carboxylic acids is 1. The molecule has 6 nitrogen and oxygen atoms in total. The molecule has 0 spiro atoms. The van der Waals surface area contributed by atoms with Crippen LogP contribution in [-0.4, -0.2) is 42.5 Å². The smallest absolute Gasteiger partial charge is 0.239 e. The Balaban J connectivity index is 1.81. The van der Waals surface area contributed by atoms with Gasteiger partial charge < -0.3 is 15.0 Å². The molecular weight excluding hydrogens is 348 g/mol. The summed E-state index contributed by atoms with van der Waals surface area (Å²) in [5, 5.41) is 3.72. The van der Waals surface area contributed by atoms with E-state index in [1.165, 1.54) is 24.4 Å². The third kappa shape index (κ3) is 6.63. The van der Waals surface area contributed by atoms with Gasteiger partial charge in [-0.05, 0) is 24.1 Å². The molecule has 0 fully saturated rings. The molecule has 26 heavy (non-hydrogen) atoms. The number of hydrogen-bond acceptors (Lipinski definition) is 6. The molecule has 1 aromatic carbocycles. The fraction of sp³-hybridized carbons (Fsp3) is 0.526. The highest BCUT2D eigenvalue weighted by Gasteiger charge is 2.12. The summed E-state index contributed by atoms with van der Waals surface area (Å²) in [6, 6.07) is 7.88. The first kappa shape index (κ1) is 20.2. The van der Waals surface area contributed by atoms with Gasteiger partial charge in [0.2, 0.25) is 11.0 Å². The Morgan fingerprint density at radius 2 is 2.15 bits per heavy atom. The maximum Gasteiger partial charge on any atom is 0.239 e. The Bertz CT molecular complexity index is 690. The number of nitrogens with one attached hydrogen (secondary N) is 1. The SMILES string of the molecule is CCCCCCNC(=O)CN(C)c1nc(Cc2cccc(OC)c2)ns1. The number of likely N-dealkylation sites (N-methyl/N-ethyl adjacent to an activating group) is 1. The van der Waals surface area contributed by atoms with Gasteiger partial charge in [0.15, 0.2) is 0 Å². The van der Waals surface area contributed by atoms with Crippen molar-refractivity contribution in [3.8, 4) is 5.75 Å². The third-order valence-corrected chi connectivity index (χ3v) is 4.88. The van der Waals surface area contributed by atoms with E-state index in [4.69, 9.17) is 4.74 Å². The van der Waals surface area contributed by atoms with Crippen molar-refractivity contribution in [2.24, 2.45) is 0 Å². The minimum absolute atomic E-state index is 0.0218. The maximum atomic E-state index is 12.0. The van der Waals surface area contributed by atoms with Crippen molar-refractivity contribution < 1.29 is 9.53 Å². The van der Waals surface area contributed by atoms with Gasteiger partial charge in [0.1, 0.15) is 11.6 Å². The van der Waals surface area contributed by atoms with Crippen LogP contribution < -0.4 is 15.0 Å². The summed E-state index contributed by atoms with van der Waals surface area (Å²) in [4.78, 5) is 18.4. The minimum Gasteiger partial charge on any atom is -0.497 e. The molecule has 2 aromatic rings. The molecular formula is C19H28N4O2S. The lowest BCUT2D eigenvalue weighted by molar-refractivity contribution is -0.119. The number of benzene rings is 1. The first-order valence-corrected chi connectivity index (χ1v) is 9.83. The van der Waals surface area contributed by atoms with Gasteiger partial charge in [0.05, 0.1) is 13.7 Å². The molecule has 142 valence electrons. The number of amides is 1. The van der Waals surface area contributed by atoms with Crippen molar-refractivity contribution in [2.75, 3.05) is 32.1 Å². The second kappa shape index (κ2) is 10.8. The number of nitrogens with zero attached hydrogens (tertiary/aromatic N) is 3. The molecule has 1 amide bonds. The van der Waals surface area contributed by atoms with Crippen LogP contribution in [0, 0.1) is 0 Å². The second-order valence-electron chi connectivity index (χ2n) is 6.29. The van der Waals surface area contributed by atoms with Crippen molar-refractivity contribution in [3.63, 3.8) is 0 Å². The molecule has 0 saturated heterocycles. The van der Waals surface area contributed by atoms with Gasteiger partial charge in [-0.15, -0.1) is 0 Å². The molecule has 0 aliphatic rings. The molecule has 7 heteroatoms. The number of anilines is 1. The summed E-state index contributed by atoms with van der Waals surface area (Å²) < 4.78 is 9.65. The fourth-order valence-corrected chi connectivity index (χ4v) is 3.20. The number of rotatable bonds is 11. The highest BCUT2D eigenvalue weighted by Crippen LogP contribution is 2.19. The summed E-state index contributed by atoms with van der Waals surface area (Å²) >= 11 is 1.32. The largest absolute Gasteiger partial charge is 0.497 e. The van der Waals surface area contributed by atoms with E-state index in [1.54, 1.807) is 7.11 Å². The zero-order valence-electron chi connectivity index (χ0n) is 15.8. The van der Waals surface area contributed by atoms with Crippen LogP contribution in [0.1, 0.15) is 44.0 Å². The van der Waals surface area contributed by atoms with Crippen molar-refractivity contribution in [2.45, 2.75) is 39.0 Å². The Hall–Kier alpha value is -2.15. The van der Waals surface area contributed by atoms with Crippen LogP contribution in [-0.2, 0) is 11.2 Å². The Morgan fingerprint density at radius 1 is 1.31 bits per heavy atom. The van der Waals surface area contributed by atoms with Gasteiger partial charge in [-0.3, -0.25) is 4.79 Å². The number of aromatic nitrogens is 2. The van der Waals surface area contributed by atoms with Crippen LogP contribution in [0.25, 0.3) is 0 Å². The van der Waals surface area contributed by atoms with E-state index >= 15 is 0 Å². The molecule has 0 radical (unpaired) electrons. The van der Waals surface area contributed by atoms with E-state index in [-0.39, 0.29) is 5.91 Å². The molecule has 1 N–H and O–H groups in total. The van der Waals surface area contributed by atoms with E-state index < -0.39 is 0 Å². The monoisotopic (exact) mass is 376 g/mol. The summed E-state index contributed by atoms with van der Waals surface area (Å²) in [7, 11) is 3.52. The Kier molecular flexibility index (Phi) is 8.34. The first-order chi connectivity index (χ1) is 12.6. The molecule has 0 saturated carbocycles. The Morgan fingerprint density at radius 3 is 2.92 bits per heavy atom. The number of unbranched alkanes of at least 4 members (excludes halogenated alkanes) is 3. The van der Waals surface area contributed by atoms with Crippen LogP contribution in [0.3, 0.4) is 0 Å². The normalized spacial score (nSPS) is 10.6. The zero-order chi connectivity index (χ0) is 18.8. The van der Waals surface area contributed by atoms with Crippen molar-refractivity contribution in [1.29, 1.82) is 0 Å². The quantitative estimate of drug-likeness (QED) is 0.610. The molecule has 1 heterocycles. The second-order valence-corrected chi connectivity index (χ2v) is 7.02. The lowest BCUT2D eigenvalue weighted by Crippen LogP contribution is -2.35. The van der Waals surface area contributed by atoms with E-state index in [1.807, 2.05) is 36.2 Å². The summed E-state index contributed by atoms with van der Waals surface area (Å²) in [5.41, 5.74) is 1.10. The van der Waals surface area contributed by atoms with Gasteiger partial charge in [0.25, 0.3) is 0 Å². The average molecular weight is 377 g/mol. The molecule has 1 aromatic heterocycles. The topological polar surface area (TPSA) is 67.4 Å². The third-order valence-electron chi connectivity index (χ3n) is 4.01. The maximum absolute atomic E-state index is 12.0. The van der Waals surface area contributed by atoms with Crippen molar-refractivity contribution >= 4 is 22.6 Å². The van der Waals surface area contributed by atoms with E-state index in [0.29, 0.717) is 13.0 Å². The van der Waals surface area contributed by atoms with Crippen LogP contribution in [0.5, 0.6) is 5.75 Å². The lowest BCUT2D eigenvalue weighted by atomic mass is 10.1. The van der Waals surface area contributed by atoms with Crippen LogP contribution in [0.2, 0.25) is 0 Å². The standard InChI is InChI=1S/C19H28N4O2S/c1-4-5-6-7-11-20-18(24)14-23(2)19-21-17(22-26-19)13-15-9-8-10-16(12-15)25-3/h8-10,12H,4-7,11,13-14H2,1-3H3,(H,20,24). The predicted molar refractivity (Wildman–Crippen MR) is 106 cm³/mol. The summed E-state index contributed by atoms with van der Waals surface area (Å²) in [5.74, 6) is 1.60. The van der Waals surface area contributed by atoms with E-state index in [9.17, 15) is 4.79 Å². The highest BCUT2D eigenvalue weighted by molar-refractivity contribution is 7.09. The first-order valence-electron chi connectivity index (χ1n) is 9.05. The van der Waals surface area contributed by atoms with Crippen molar-refractivity contribution in [3.05, 3.63) is 35.7 Å². The highest BCUT2D eigenvalue weighted by atomic mass is 32.1. The van der Waals surface area contributed by atoms with E-state index in [2.05, 4.69) is 21.6 Å². The molecule has 0 unspecified atom stereocenters. The van der Waals surface area contributed by atoms with Gasteiger partial charge in [0, 0.05) is 31.5 Å². The van der Waals surface area contributed by atoms with Crippen LogP contribution in [0.4, 0.5) is 5.13 Å². The molecule has 2 rings (SSSR count). The van der Waals surface area contributed by atoms with Gasteiger partial charge in [-0.1, -0.05) is 38.3 Å². The number of ether oxygens (including phenoxy) is 1. The minimum atomic E-state index is 0.0218. The van der Waals surface area contributed by atoms with Crippen LogP contribution in [0.15, 0.2) is 24.3 Å². The van der Waals surface area contributed by atoms with Gasteiger partial charge in [-0.2, -0.15) is 4.37 Å². The fourth-order valence-electron chi connectivity index (χ4n) is 2.56. The van der Waals surface area contributed by atoms with E-state index in [0.717, 1.165) is 41.7 Å². The number of methoxy groups -OCH3 is 1. The zero-order valence-corrected chi connectivity index (χ0v) is 16.6. The lowest BCUT2D eigenvalue weighted by Gasteiger charge is -2.14. The van der Waals surface area contributed by atoms with Gasteiger partial charge >= 0.3 is 0 Å². The predicted octanol–water partition coefficient (Wildman–Crippen LogP) is 3.27. The average Bonchev–Trinajstić information content (AvgIpc) is 3.10. The summed E-state index contributed by atoms with van der Waals surface area (Å²) in [6.07, 6.45) is 5.26.